The molecule has 1 fully saturated rings. The number of ether oxygens (including phenoxy) is 2. The number of nitrogens with zero attached hydrogens (tertiary/aromatic N) is 1. The van der Waals surface area contributed by atoms with Crippen LogP contribution in [0.25, 0.3) is 0 Å². The second kappa shape index (κ2) is 4.63. The van der Waals surface area contributed by atoms with Gasteiger partial charge in [-0.05, 0) is 26.3 Å². The van der Waals surface area contributed by atoms with Gasteiger partial charge >= 0.3 is 6.09 Å². The first kappa shape index (κ1) is 14.2. The van der Waals surface area contributed by atoms with Crippen molar-refractivity contribution in [2.75, 3.05) is 19.7 Å². The summed E-state index contributed by atoms with van der Waals surface area (Å²) in [5.74, 6) is 0.781. The Morgan fingerprint density at radius 3 is 2.76 bits per heavy atom. The molecule has 1 aromatic carbocycles. The standard InChI is InChI=1S/C16H21NO4/c1-15(2,3)21-14(18)17-9-16(19,10-17)12-6-4-5-11-7-8-20-13(11)12/h4-6,19H,7-10H2,1-3H3. The van der Waals surface area contributed by atoms with E-state index in [0.717, 1.165) is 23.3 Å². The fourth-order valence-corrected chi connectivity index (χ4v) is 2.79. The predicted octanol–water partition coefficient (Wildman–Crippen LogP) is 2.06. The molecule has 1 saturated heterocycles. The van der Waals surface area contributed by atoms with E-state index in [1.165, 1.54) is 4.90 Å². The number of hydrogen-bond acceptors (Lipinski definition) is 4. The van der Waals surface area contributed by atoms with Crippen molar-refractivity contribution in [3.63, 3.8) is 0 Å². The third-order valence-electron chi connectivity index (χ3n) is 3.77. The third kappa shape index (κ3) is 2.58. The summed E-state index contributed by atoms with van der Waals surface area (Å²) in [6.07, 6.45) is 0.482. The van der Waals surface area contributed by atoms with Crippen LogP contribution in [-0.2, 0) is 16.8 Å². The second-order valence-corrected chi connectivity index (χ2v) is 6.76. The van der Waals surface area contributed by atoms with Crippen LogP contribution in [0, 0.1) is 0 Å². The smallest absolute Gasteiger partial charge is 0.410 e. The summed E-state index contributed by atoms with van der Waals surface area (Å²) >= 11 is 0. The van der Waals surface area contributed by atoms with E-state index in [9.17, 15) is 9.90 Å². The van der Waals surface area contributed by atoms with E-state index in [1.54, 1.807) is 0 Å². The number of β-amino-alcohol motifs (C(OH)–C–C–N with tert-alkyl or cyclic N) is 1. The molecule has 114 valence electrons. The third-order valence-corrected chi connectivity index (χ3v) is 3.77. The van der Waals surface area contributed by atoms with Crippen molar-refractivity contribution in [2.45, 2.75) is 38.4 Å². The van der Waals surface area contributed by atoms with E-state index in [1.807, 2.05) is 39.0 Å². The zero-order valence-electron chi connectivity index (χ0n) is 12.7. The molecular formula is C16H21NO4. The van der Waals surface area contributed by atoms with Crippen LogP contribution in [0.5, 0.6) is 5.75 Å². The lowest BCUT2D eigenvalue weighted by atomic mass is 9.85. The Morgan fingerprint density at radius 1 is 1.38 bits per heavy atom. The van der Waals surface area contributed by atoms with Crippen molar-refractivity contribution in [1.29, 1.82) is 0 Å². The summed E-state index contributed by atoms with van der Waals surface area (Å²) in [5.41, 5.74) is 0.336. The molecule has 0 atom stereocenters. The van der Waals surface area contributed by atoms with E-state index in [4.69, 9.17) is 9.47 Å². The molecule has 2 aliphatic rings. The summed E-state index contributed by atoms with van der Waals surface area (Å²) in [6, 6.07) is 5.81. The lowest BCUT2D eigenvalue weighted by Crippen LogP contribution is -2.62. The minimum Gasteiger partial charge on any atom is -0.493 e. The van der Waals surface area contributed by atoms with Crippen molar-refractivity contribution in [3.05, 3.63) is 29.3 Å². The highest BCUT2D eigenvalue weighted by molar-refractivity contribution is 5.70. The minimum atomic E-state index is -1.04. The van der Waals surface area contributed by atoms with E-state index < -0.39 is 11.2 Å². The number of hydrogen-bond donors (Lipinski definition) is 1. The molecule has 1 aromatic rings. The van der Waals surface area contributed by atoms with Gasteiger partial charge < -0.3 is 19.5 Å². The van der Waals surface area contributed by atoms with Crippen LogP contribution in [0.15, 0.2) is 18.2 Å². The Labute approximate surface area is 124 Å². The highest BCUT2D eigenvalue weighted by Gasteiger charge is 2.48. The highest BCUT2D eigenvalue weighted by atomic mass is 16.6. The molecular weight excluding hydrogens is 270 g/mol. The van der Waals surface area contributed by atoms with Gasteiger partial charge in [-0.3, -0.25) is 0 Å². The molecule has 5 nitrogen and oxygen atoms in total. The molecule has 5 heteroatoms. The average Bonchev–Trinajstić information content (AvgIpc) is 2.80. The van der Waals surface area contributed by atoms with E-state index in [2.05, 4.69) is 0 Å². The molecule has 2 heterocycles. The first-order valence-electron chi connectivity index (χ1n) is 7.24. The van der Waals surface area contributed by atoms with Crippen molar-refractivity contribution in [1.82, 2.24) is 4.90 Å². The predicted molar refractivity (Wildman–Crippen MR) is 77.3 cm³/mol. The van der Waals surface area contributed by atoms with Crippen molar-refractivity contribution >= 4 is 6.09 Å². The molecule has 21 heavy (non-hydrogen) atoms. The molecule has 0 spiro atoms. The number of rotatable bonds is 1. The summed E-state index contributed by atoms with van der Waals surface area (Å²) in [4.78, 5) is 13.5. The van der Waals surface area contributed by atoms with Crippen LogP contribution in [0.3, 0.4) is 0 Å². The van der Waals surface area contributed by atoms with Crippen LogP contribution in [0.4, 0.5) is 4.79 Å². The van der Waals surface area contributed by atoms with Crippen LogP contribution >= 0.6 is 0 Å². The Balaban J connectivity index is 1.72. The zero-order valence-corrected chi connectivity index (χ0v) is 12.7. The lowest BCUT2D eigenvalue weighted by molar-refractivity contribution is -0.104. The van der Waals surface area contributed by atoms with Gasteiger partial charge in [0.1, 0.15) is 17.0 Å². The number of amides is 1. The number of carbonyl (C=O) groups excluding carboxylic acids is 1. The summed E-state index contributed by atoms with van der Waals surface area (Å²) in [5, 5.41) is 10.7. The van der Waals surface area contributed by atoms with Crippen molar-refractivity contribution in [2.24, 2.45) is 0 Å². The number of fused-ring (bicyclic) bond motifs is 1. The van der Waals surface area contributed by atoms with Gasteiger partial charge in [-0.15, -0.1) is 0 Å². The summed E-state index contributed by atoms with van der Waals surface area (Å²) < 4.78 is 10.9. The fraction of sp³-hybridized carbons (Fsp3) is 0.562. The van der Waals surface area contributed by atoms with Gasteiger partial charge in [0.2, 0.25) is 0 Å². The number of carbonyl (C=O) groups is 1. The van der Waals surface area contributed by atoms with E-state index >= 15 is 0 Å². The van der Waals surface area contributed by atoms with Crippen LogP contribution in [0.2, 0.25) is 0 Å². The monoisotopic (exact) mass is 291 g/mol. The molecule has 2 aliphatic heterocycles. The molecule has 0 aliphatic carbocycles. The fourth-order valence-electron chi connectivity index (χ4n) is 2.79. The van der Waals surface area contributed by atoms with Crippen LogP contribution in [0.1, 0.15) is 31.9 Å². The van der Waals surface area contributed by atoms with Gasteiger partial charge in [-0.1, -0.05) is 18.2 Å². The van der Waals surface area contributed by atoms with Gasteiger partial charge in [0.05, 0.1) is 19.7 Å². The quantitative estimate of drug-likeness (QED) is 0.860. The largest absolute Gasteiger partial charge is 0.493 e. The van der Waals surface area contributed by atoms with E-state index in [-0.39, 0.29) is 19.2 Å². The zero-order chi connectivity index (χ0) is 15.3. The van der Waals surface area contributed by atoms with Gasteiger partial charge in [-0.2, -0.15) is 0 Å². The molecule has 0 radical (unpaired) electrons. The number of para-hydroxylation sites is 1. The first-order valence-corrected chi connectivity index (χ1v) is 7.24. The Morgan fingerprint density at radius 2 is 2.10 bits per heavy atom. The van der Waals surface area contributed by atoms with E-state index in [0.29, 0.717) is 6.61 Å². The van der Waals surface area contributed by atoms with Crippen LogP contribution < -0.4 is 4.74 Å². The lowest BCUT2D eigenvalue weighted by Gasteiger charge is -2.46. The molecule has 0 bridgehead atoms. The maximum atomic E-state index is 12.0. The van der Waals surface area contributed by atoms with Gasteiger partial charge in [0, 0.05) is 12.0 Å². The average molecular weight is 291 g/mol. The van der Waals surface area contributed by atoms with Gasteiger partial charge in [-0.25, -0.2) is 4.79 Å². The maximum absolute atomic E-state index is 12.0. The topological polar surface area (TPSA) is 59.0 Å². The molecule has 1 N–H and O–H groups in total. The number of likely N-dealkylation sites (tertiary alicyclic amines) is 1. The Hall–Kier alpha value is -1.75. The van der Waals surface area contributed by atoms with Crippen molar-refractivity contribution < 1.29 is 19.4 Å². The molecule has 3 rings (SSSR count). The normalized spacial score (nSPS) is 19.5. The summed E-state index contributed by atoms with van der Waals surface area (Å²) in [6.45, 7) is 6.61. The first-order chi connectivity index (χ1) is 9.78. The second-order valence-electron chi connectivity index (χ2n) is 6.76. The maximum Gasteiger partial charge on any atom is 0.410 e. The van der Waals surface area contributed by atoms with Gasteiger partial charge in [0.15, 0.2) is 0 Å². The minimum absolute atomic E-state index is 0.238. The van der Waals surface area contributed by atoms with Crippen LogP contribution in [-0.4, -0.2) is 41.4 Å². The molecule has 1 amide bonds. The Bertz CT molecular complexity index is 570. The Kier molecular flexibility index (Phi) is 3.13. The highest BCUT2D eigenvalue weighted by Crippen LogP contribution is 2.41. The summed E-state index contributed by atoms with van der Waals surface area (Å²) in [7, 11) is 0. The molecule has 0 aromatic heterocycles. The molecule has 0 saturated carbocycles. The van der Waals surface area contributed by atoms with Crippen molar-refractivity contribution in [3.8, 4) is 5.75 Å². The number of aliphatic hydroxyl groups is 1. The molecule has 0 unspecified atom stereocenters. The number of benzene rings is 1. The SMILES string of the molecule is CC(C)(C)OC(=O)N1CC(O)(c2cccc3c2OCC3)C1. The van der Waals surface area contributed by atoms with Gasteiger partial charge in [0.25, 0.3) is 0 Å².